The van der Waals surface area contributed by atoms with Crippen LogP contribution >= 0.6 is 11.3 Å². The van der Waals surface area contributed by atoms with Gasteiger partial charge in [0.2, 0.25) is 0 Å². The van der Waals surface area contributed by atoms with Crippen molar-refractivity contribution >= 4 is 11.3 Å². The molecule has 1 unspecified atom stereocenters. The highest BCUT2D eigenvalue weighted by Gasteiger charge is 2.28. The Morgan fingerprint density at radius 1 is 1.50 bits per heavy atom. The van der Waals surface area contributed by atoms with E-state index in [2.05, 4.69) is 10.3 Å². The van der Waals surface area contributed by atoms with E-state index in [4.69, 9.17) is 0 Å². The van der Waals surface area contributed by atoms with Crippen LogP contribution in [0.3, 0.4) is 0 Å². The Kier molecular flexibility index (Phi) is 5.21. The molecular formula is C10H15F3N2S. The fraction of sp³-hybridized carbons (Fsp3) is 0.700. The molecular weight excluding hydrogens is 237 g/mol. The van der Waals surface area contributed by atoms with Crippen LogP contribution in [0, 0.1) is 0 Å². The van der Waals surface area contributed by atoms with Gasteiger partial charge in [0.25, 0.3) is 0 Å². The Bertz CT molecular complexity index is 285. The molecule has 1 atom stereocenters. The first kappa shape index (κ1) is 13.4. The molecule has 92 valence electrons. The van der Waals surface area contributed by atoms with Crippen LogP contribution < -0.4 is 5.32 Å². The summed E-state index contributed by atoms with van der Waals surface area (Å²) in [5.74, 6) is 0. The van der Waals surface area contributed by atoms with Gasteiger partial charge in [0.15, 0.2) is 0 Å². The van der Waals surface area contributed by atoms with Crippen molar-refractivity contribution in [3.8, 4) is 0 Å². The zero-order valence-electron chi connectivity index (χ0n) is 9.05. The van der Waals surface area contributed by atoms with Crippen LogP contribution in [-0.4, -0.2) is 17.7 Å². The number of halogens is 3. The molecule has 0 saturated heterocycles. The molecule has 0 aliphatic heterocycles. The number of thiazole rings is 1. The summed E-state index contributed by atoms with van der Waals surface area (Å²) in [7, 11) is 0. The van der Waals surface area contributed by atoms with E-state index in [1.807, 2.05) is 6.92 Å². The average molecular weight is 252 g/mol. The number of aromatic nitrogens is 1. The summed E-state index contributed by atoms with van der Waals surface area (Å²) >= 11 is 1.40. The molecule has 0 fully saturated rings. The van der Waals surface area contributed by atoms with Crippen LogP contribution in [0.1, 0.15) is 37.9 Å². The molecule has 16 heavy (non-hydrogen) atoms. The minimum Gasteiger partial charge on any atom is -0.309 e. The van der Waals surface area contributed by atoms with Gasteiger partial charge in [0.1, 0.15) is 0 Å². The molecule has 0 bridgehead atoms. The number of nitrogens with zero attached hydrogens (tertiary/aromatic N) is 1. The van der Waals surface area contributed by atoms with Crippen molar-refractivity contribution in [2.24, 2.45) is 0 Å². The highest BCUT2D eigenvalue weighted by Crippen LogP contribution is 2.27. The van der Waals surface area contributed by atoms with E-state index in [0.717, 1.165) is 6.42 Å². The molecule has 1 N–H and O–H groups in total. The fourth-order valence-corrected chi connectivity index (χ4v) is 1.98. The molecule has 0 aliphatic rings. The SMILES string of the molecule is CCCNC(CCC(F)(F)F)c1cscn1. The lowest BCUT2D eigenvalue weighted by atomic mass is 10.1. The van der Waals surface area contributed by atoms with Crippen LogP contribution in [0.5, 0.6) is 0 Å². The summed E-state index contributed by atoms with van der Waals surface area (Å²) < 4.78 is 36.4. The summed E-state index contributed by atoms with van der Waals surface area (Å²) in [5.41, 5.74) is 2.35. The van der Waals surface area contributed by atoms with Gasteiger partial charge in [-0.2, -0.15) is 13.2 Å². The highest BCUT2D eigenvalue weighted by atomic mass is 32.1. The monoisotopic (exact) mass is 252 g/mol. The van der Waals surface area contributed by atoms with Crippen molar-refractivity contribution in [3.63, 3.8) is 0 Å². The van der Waals surface area contributed by atoms with Crippen LogP contribution in [0.15, 0.2) is 10.9 Å². The molecule has 0 saturated carbocycles. The third-order valence-corrected chi connectivity index (χ3v) is 2.77. The lowest BCUT2D eigenvalue weighted by Gasteiger charge is -2.17. The van der Waals surface area contributed by atoms with Crippen molar-refractivity contribution in [1.29, 1.82) is 0 Å². The number of alkyl halides is 3. The molecule has 0 radical (unpaired) electrons. The molecule has 0 spiro atoms. The Balaban J connectivity index is 2.51. The first-order valence-electron chi connectivity index (χ1n) is 5.21. The Labute approximate surface area is 96.9 Å². The predicted molar refractivity (Wildman–Crippen MR) is 58.4 cm³/mol. The van der Waals surface area contributed by atoms with E-state index >= 15 is 0 Å². The molecule has 1 aromatic rings. The summed E-state index contributed by atoms with van der Waals surface area (Å²) in [4.78, 5) is 4.06. The van der Waals surface area contributed by atoms with Crippen molar-refractivity contribution in [1.82, 2.24) is 10.3 Å². The standard InChI is InChI=1S/C10H15F3N2S/c1-2-5-14-8(3-4-10(11,12)13)9-6-16-7-15-9/h6-8,14H,2-5H2,1H3. The van der Waals surface area contributed by atoms with E-state index in [9.17, 15) is 13.2 Å². The topological polar surface area (TPSA) is 24.9 Å². The second-order valence-corrected chi connectivity index (χ2v) is 4.29. The van der Waals surface area contributed by atoms with Crippen LogP contribution in [-0.2, 0) is 0 Å². The van der Waals surface area contributed by atoms with Gasteiger partial charge in [0.05, 0.1) is 17.2 Å². The maximum atomic E-state index is 12.1. The largest absolute Gasteiger partial charge is 0.389 e. The summed E-state index contributed by atoms with van der Waals surface area (Å²) in [6, 6.07) is -0.284. The predicted octanol–water partition coefficient (Wildman–Crippen LogP) is 3.53. The van der Waals surface area contributed by atoms with E-state index < -0.39 is 12.6 Å². The fourth-order valence-electron chi connectivity index (χ4n) is 1.38. The molecule has 1 aromatic heterocycles. The zero-order chi connectivity index (χ0) is 12.0. The van der Waals surface area contributed by atoms with Gasteiger partial charge in [-0.1, -0.05) is 6.92 Å². The smallest absolute Gasteiger partial charge is 0.309 e. The lowest BCUT2D eigenvalue weighted by molar-refractivity contribution is -0.136. The van der Waals surface area contributed by atoms with Crippen molar-refractivity contribution in [2.45, 2.75) is 38.4 Å². The number of hydrogen-bond acceptors (Lipinski definition) is 3. The third-order valence-electron chi connectivity index (χ3n) is 2.17. The Hall–Kier alpha value is -0.620. The minimum atomic E-state index is -4.10. The van der Waals surface area contributed by atoms with Gasteiger partial charge < -0.3 is 5.32 Å². The average Bonchev–Trinajstić information content (AvgIpc) is 2.69. The van der Waals surface area contributed by atoms with Gasteiger partial charge in [-0.05, 0) is 19.4 Å². The third kappa shape index (κ3) is 4.94. The first-order chi connectivity index (χ1) is 7.53. The molecule has 0 amide bonds. The minimum absolute atomic E-state index is 0.0488. The molecule has 6 heteroatoms. The van der Waals surface area contributed by atoms with Gasteiger partial charge >= 0.3 is 6.18 Å². The molecule has 1 rings (SSSR count). The zero-order valence-corrected chi connectivity index (χ0v) is 9.87. The number of hydrogen-bond donors (Lipinski definition) is 1. The van der Waals surface area contributed by atoms with Gasteiger partial charge in [-0.25, -0.2) is 4.98 Å². The Morgan fingerprint density at radius 2 is 2.25 bits per heavy atom. The number of rotatable bonds is 6. The second kappa shape index (κ2) is 6.20. The van der Waals surface area contributed by atoms with Crippen molar-refractivity contribution in [2.75, 3.05) is 6.54 Å². The molecule has 2 nitrogen and oxygen atoms in total. The maximum absolute atomic E-state index is 12.1. The molecule has 0 aliphatic carbocycles. The second-order valence-electron chi connectivity index (χ2n) is 3.57. The van der Waals surface area contributed by atoms with E-state index in [1.54, 1.807) is 10.9 Å². The van der Waals surface area contributed by atoms with Crippen LogP contribution in [0.4, 0.5) is 13.2 Å². The molecule has 1 heterocycles. The van der Waals surface area contributed by atoms with E-state index in [0.29, 0.717) is 12.2 Å². The number of nitrogens with one attached hydrogen (secondary N) is 1. The van der Waals surface area contributed by atoms with Crippen LogP contribution in [0.25, 0.3) is 0 Å². The van der Waals surface area contributed by atoms with Crippen LogP contribution in [0.2, 0.25) is 0 Å². The van der Waals surface area contributed by atoms with Crippen molar-refractivity contribution < 1.29 is 13.2 Å². The highest BCUT2D eigenvalue weighted by molar-refractivity contribution is 7.07. The van der Waals surface area contributed by atoms with Gasteiger partial charge in [0, 0.05) is 11.8 Å². The lowest BCUT2D eigenvalue weighted by Crippen LogP contribution is -2.24. The van der Waals surface area contributed by atoms with E-state index in [1.165, 1.54) is 11.3 Å². The summed E-state index contributed by atoms with van der Waals surface area (Å²) in [6.45, 7) is 2.69. The maximum Gasteiger partial charge on any atom is 0.389 e. The van der Waals surface area contributed by atoms with Gasteiger partial charge in [-0.3, -0.25) is 0 Å². The summed E-state index contributed by atoms with van der Waals surface area (Å²) in [5, 5.41) is 4.88. The van der Waals surface area contributed by atoms with E-state index in [-0.39, 0.29) is 12.5 Å². The first-order valence-corrected chi connectivity index (χ1v) is 6.15. The van der Waals surface area contributed by atoms with Gasteiger partial charge in [-0.15, -0.1) is 11.3 Å². The quantitative estimate of drug-likeness (QED) is 0.837. The normalized spacial score (nSPS) is 14.0. The molecule has 0 aromatic carbocycles. The Morgan fingerprint density at radius 3 is 2.75 bits per heavy atom. The van der Waals surface area contributed by atoms with Crippen molar-refractivity contribution in [3.05, 3.63) is 16.6 Å². The summed E-state index contributed by atoms with van der Waals surface area (Å²) in [6.07, 6.45) is -3.92.